The Morgan fingerprint density at radius 3 is 2.56 bits per heavy atom. The van der Waals surface area contributed by atoms with Crippen molar-refractivity contribution in [1.29, 1.82) is 0 Å². The van der Waals surface area contributed by atoms with E-state index in [0.29, 0.717) is 0 Å². The molecule has 0 bridgehead atoms. The number of nitrogens with zero attached hydrogens (tertiary/aromatic N) is 4. The minimum absolute atomic E-state index is 0.794. The molecule has 27 heavy (non-hydrogen) atoms. The SMILES string of the molecule is c1ccc(CSc2cncc(N3CCC(CN4CCOCC4)CC3)n2)cc1. The molecule has 6 heteroatoms. The molecular weight excluding hydrogens is 356 g/mol. The first-order chi connectivity index (χ1) is 13.4. The third-order valence-electron chi connectivity index (χ3n) is 5.39. The Balaban J connectivity index is 1.28. The molecule has 2 aliphatic rings. The van der Waals surface area contributed by atoms with Gasteiger partial charge in [0.2, 0.25) is 0 Å². The number of thioether (sulfide) groups is 1. The van der Waals surface area contributed by atoms with Crippen molar-refractivity contribution in [3.8, 4) is 0 Å². The van der Waals surface area contributed by atoms with E-state index in [2.05, 4.69) is 45.1 Å². The first-order valence-corrected chi connectivity index (χ1v) is 10.9. The lowest BCUT2D eigenvalue weighted by molar-refractivity contribution is 0.0289. The summed E-state index contributed by atoms with van der Waals surface area (Å²) in [5, 5.41) is 1.01. The maximum Gasteiger partial charge on any atom is 0.148 e. The standard InChI is InChI=1S/C21H28N4OS/c1-2-4-19(5-3-1)17-27-21-15-22-14-20(23-21)25-8-6-18(7-9-25)16-24-10-12-26-13-11-24/h1-5,14-15,18H,6-13,16-17H2. The summed E-state index contributed by atoms with van der Waals surface area (Å²) in [6, 6.07) is 10.5. The lowest BCUT2D eigenvalue weighted by Gasteiger charge is -2.36. The van der Waals surface area contributed by atoms with Crippen molar-refractivity contribution in [2.45, 2.75) is 23.6 Å². The van der Waals surface area contributed by atoms with E-state index in [1.165, 1.54) is 24.9 Å². The van der Waals surface area contributed by atoms with E-state index in [4.69, 9.17) is 9.72 Å². The molecule has 0 atom stereocenters. The van der Waals surface area contributed by atoms with Crippen molar-refractivity contribution in [1.82, 2.24) is 14.9 Å². The second kappa shape index (κ2) is 9.53. The van der Waals surface area contributed by atoms with Gasteiger partial charge >= 0.3 is 0 Å². The van der Waals surface area contributed by atoms with Gasteiger partial charge in [-0.25, -0.2) is 4.98 Å². The highest BCUT2D eigenvalue weighted by molar-refractivity contribution is 7.98. The lowest BCUT2D eigenvalue weighted by atomic mass is 9.96. The molecule has 2 aromatic rings. The molecule has 1 aromatic heterocycles. The molecule has 0 aliphatic carbocycles. The van der Waals surface area contributed by atoms with Gasteiger partial charge in [0.15, 0.2) is 0 Å². The highest BCUT2D eigenvalue weighted by Gasteiger charge is 2.23. The first kappa shape index (κ1) is 18.7. The molecule has 144 valence electrons. The van der Waals surface area contributed by atoms with E-state index in [9.17, 15) is 0 Å². The maximum absolute atomic E-state index is 5.46. The number of piperidine rings is 1. The Bertz CT molecular complexity index is 700. The Labute approximate surface area is 166 Å². The zero-order valence-corrected chi connectivity index (χ0v) is 16.6. The smallest absolute Gasteiger partial charge is 0.148 e. The number of benzene rings is 1. The van der Waals surface area contributed by atoms with Gasteiger partial charge in [0, 0.05) is 38.5 Å². The summed E-state index contributed by atoms with van der Waals surface area (Å²) < 4.78 is 5.46. The van der Waals surface area contributed by atoms with E-state index < -0.39 is 0 Å². The van der Waals surface area contributed by atoms with Gasteiger partial charge in [-0.2, -0.15) is 0 Å². The number of ether oxygens (including phenoxy) is 1. The van der Waals surface area contributed by atoms with Crippen LogP contribution in [0.4, 0.5) is 5.82 Å². The summed E-state index contributed by atoms with van der Waals surface area (Å²) in [6.45, 7) is 7.34. The van der Waals surface area contributed by atoms with Crippen LogP contribution in [0.3, 0.4) is 0 Å². The zero-order valence-electron chi connectivity index (χ0n) is 15.8. The van der Waals surface area contributed by atoms with Crippen molar-refractivity contribution in [2.75, 3.05) is 50.8 Å². The van der Waals surface area contributed by atoms with Gasteiger partial charge in [0.1, 0.15) is 10.8 Å². The van der Waals surface area contributed by atoms with Gasteiger partial charge in [-0.1, -0.05) is 30.3 Å². The minimum atomic E-state index is 0.794. The third-order valence-corrected chi connectivity index (χ3v) is 6.36. The van der Waals surface area contributed by atoms with Crippen molar-refractivity contribution in [3.05, 3.63) is 48.3 Å². The number of anilines is 1. The van der Waals surface area contributed by atoms with Gasteiger partial charge < -0.3 is 9.64 Å². The van der Waals surface area contributed by atoms with Gasteiger partial charge in [0.05, 0.1) is 25.6 Å². The van der Waals surface area contributed by atoms with Crippen LogP contribution in [-0.4, -0.2) is 60.8 Å². The molecular formula is C21H28N4OS. The van der Waals surface area contributed by atoms with Crippen LogP contribution in [0.2, 0.25) is 0 Å². The largest absolute Gasteiger partial charge is 0.379 e. The second-order valence-corrected chi connectivity index (χ2v) is 8.33. The molecule has 2 fully saturated rings. The Hall–Kier alpha value is -1.63. The number of rotatable bonds is 6. The molecule has 5 nitrogen and oxygen atoms in total. The summed E-state index contributed by atoms with van der Waals surface area (Å²) in [7, 11) is 0. The van der Waals surface area contributed by atoms with E-state index in [0.717, 1.165) is 61.9 Å². The molecule has 2 saturated heterocycles. The Morgan fingerprint density at radius 2 is 1.78 bits per heavy atom. The fourth-order valence-electron chi connectivity index (χ4n) is 3.79. The van der Waals surface area contributed by atoms with Crippen molar-refractivity contribution < 1.29 is 4.74 Å². The summed E-state index contributed by atoms with van der Waals surface area (Å²) in [5.41, 5.74) is 1.32. The van der Waals surface area contributed by atoms with Crippen LogP contribution in [0, 0.1) is 5.92 Å². The number of hydrogen-bond acceptors (Lipinski definition) is 6. The topological polar surface area (TPSA) is 41.5 Å². The maximum atomic E-state index is 5.46. The zero-order chi connectivity index (χ0) is 18.3. The minimum Gasteiger partial charge on any atom is -0.379 e. The molecule has 1 aromatic carbocycles. The summed E-state index contributed by atoms with van der Waals surface area (Å²) in [4.78, 5) is 14.2. The second-order valence-electron chi connectivity index (χ2n) is 7.33. The van der Waals surface area contributed by atoms with Crippen LogP contribution in [0.25, 0.3) is 0 Å². The fourth-order valence-corrected chi connectivity index (χ4v) is 4.59. The molecule has 2 aliphatic heterocycles. The number of morpholine rings is 1. The molecule has 4 rings (SSSR count). The van der Waals surface area contributed by atoms with Crippen LogP contribution in [0.15, 0.2) is 47.8 Å². The van der Waals surface area contributed by atoms with Crippen molar-refractivity contribution in [2.24, 2.45) is 5.92 Å². The molecule has 3 heterocycles. The van der Waals surface area contributed by atoms with Crippen LogP contribution in [-0.2, 0) is 10.5 Å². The van der Waals surface area contributed by atoms with Crippen LogP contribution in [0.1, 0.15) is 18.4 Å². The molecule has 0 radical (unpaired) electrons. The number of hydrogen-bond donors (Lipinski definition) is 0. The van der Waals surface area contributed by atoms with Gasteiger partial charge in [0.25, 0.3) is 0 Å². The predicted molar refractivity (Wildman–Crippen MR) is 110 cm³/mol. The molecule has 0 amide bonds. The summed E-state index contributed by atoms with van der Waals surface area (Å²) in [5.74, 6) is 2.75. The predicted octanol–water partition coefficient (Wildman–Crippen LogP) is 3.32. The Morgan fingerprint density at radius 1 is 1.00 bits per heavy atom. The molecule has 0 spiro atoms. The Kier molecular flexibility index (Phi) is 6.61. The summed E-state index contributed by atoms with van der Waals surface area (Å²) in [6.07, 6.45) is 6.26. The van der Waals surface area contributed by atoms with Crippen LogP contribution in [0.5, 0.6) is 0 Å². The van der Waals surface area contributed by atoms with Gasteiger partial charge in [-0.15, -0.1) is 11.8 Å². The van der Waals surface area contributed by atoms with Gasteiger partial charge in [-0.05, 0) is 24.3 Å². The average Bonchev–Trinajstić information content (AvgIpc) is 2.75. The quantitative estimate of drug-likeness (QED) is 0.712. The summed E-state index contributed by atoms with van der Waals surface area (Å²) >= 11 is 1.76. The molecule has 0 saturated carbocycles. The molecule has 0 unspecified atom stereocenters. The average molecular weight is 385 g/mol. The normalized spacial score (nSPS) is 19.3. The van der Waals surface area contributed by atoms with E-state index in [-0.39, 0.29) is 0 Å². The number of aromatic nitrogens is 2. The van der Waals surface area contributed by atoms with Crippen LogP contribution < -0.4 is 4.90 Å². The van der Waals surface area contributed by atoms with E-state index in [1.54, 1.807) is 11.8 Å². The van der Waals surface area contributed by atoms with Crippen LogP contribution >= 0.6 is 11.8 Å². The first-order valence-electron chi connectivity index (χ1n) is 9.90. The van der Waals surface area contributed by atoms with E-state index in [1.807, 2.05) is 12.4 Å². The molecule has 0 N–H and O–H groups in total. The highest BCUT2D eigenvalue weighted by atomic mass is 32.2. The fraction of sp³-hybridized carbons (Fsp3) is 0.524. The third kappa shape index (κ3) is 5.43. The van der Waals surface area contributed by atoms with Crippen molar-refractivity contribution >= 4 is 17.6 Å². The lowest BCUT2D eigenvalue weighted by Crippen LogP contribution is -2.43. The van der Waals surface area contributed by atoms with Gasteiger partial charge in [-0.3, -0.25) is 9.88 Å². The van der Waals surface area contributed by atoms with Crippen molar-refractivity contribution in [3.63, 3.8) is 0 Å². The van der Waals surface area contributed by atoms with E-state index >= 15 is 0 Å². The highest BCUT2D eigenvalue weighted by Crippen LogP contribution is 2.26. The monoisotopic (exact) mass is 384 g/mol.